The maximum absolute atomic E-state index is 4.38. The van der Waals surface area contributed by atoms with Gasteiger partial charge in [0, 0.05) is 0 Å². The fraction of sp³-hybridized carbons (Fsp3) is 0.455. The smallest absolute Gasteiger partial charge is 0.157 e. The highest BCUT2D eigenvalue weighted by Gasteiger charge is 2.22. The zero-order valence-corrected chi connectivity index (χ0v) is 10.2. The van der Waals surface area contributed by atoms with Crippen LogP contribution in [0, 0.1) is 12.8 Å². The van der Waals surface area contributed by atoms with Crippen LogP contribution in [0.2, 0.25) is 0 Å². The summed E-state index contributed by atoms with van der Waals surface area (Å²) in [6, 6.07) is 4.29. The normalized spacial score (nSPS) is 16.1. The van der Waals surface area contributed by atoms with E-state index in [1.165, 1.54) is 24.8 Å². The zero-order valence-electron chi connectivity index (χ0n) is 8.57. The van der Waals surface area contributed by atoms with Gasteiger partial charge in [0.25, 0.3) is 0 Å². The van der Waals surface area contributed by atoms with E-state index in [9.17, 15) is 0 Å². The minimum Gasteiger partial charge on any atom is -0.212 e. The summed E-state index contributed by atoms with van der Waals surface area (Å²) in [6.07, 6.45) is 3.95. The molecule has 0 aromatic carbocycles. The molecular formula is C11H12BrN3. The van der Waals surface area contributed by atoms with Crippen LogP contribution in [-0.4, -0.2) is 14.6 Å². The first-order chi connectivity index (χ1) is 7.22. The minimum absolute atomic E-state index is 0.819. The monoisotopic (exact) mass is 265 g/mol. The van der Waals surface area contributed by atoms with Crippen LogP contribution in [0.15, 0.2) is 16.7 Å². The van der Waals surface area contributed by atoms with E-state index >= 15 is 0 Å². The number of nitrogens with zero attached hydrogens (tertiary/aromatic N) is 3. The van der Waals surface area contributed by atoms with Crippen molar-refractivity contribution in [2.75, 3.05) is 0 Å². The first kappa shape index (κ1) is 9.33. The summed E-state index contributed by atoms with van der Waals surface area (Å²) in [5.74, 6) is 1.72. The molecule has 0 bridgehead atoms. The van der Waals surface area contributed by atoms with Crippen LogP contribution in [0.3, 0.4) is 0 Å². The largest absolute Gasteiger partial charge is 0.212 e. The molecule has 1 fully saturated rings. The van der Waals surface area contributed by atoms with E-state index < -0.39 is 0 Å². The zero-order chi connectivity index (χ0) is 10.4. The molecule has 0 amide bonds. The number of aryl methyl sites for hydroxylation is 1. The standard InChI is InChI=1S/C11H12BrN3/c1-7-13-11-6-9(4-8-2-3-8)5-10(12)15(11)14-7/h5-6,8H,2-4H2,1H3. The molecule has 4 heteroatoms. The van der Waals surface area contributed by atoms with Gasteiger partial charge >= 0.3 is 0 Å². The molecule has 0 spiro atoms. The summed E-state index contributed by atoms with van der Waals surface area (Å²) in [6.45, 7) is 1.92. The average molecular weight is 266 g/mol. The molecule has 3 nitrogen and oxygen atoms in total. The van der Waals surface area contributed by atoms with Crippen LogP contribution in [0.1, 0.15) is 24.2 Å². The van der Waals surface area contributed by atoms with E-state index in [2.05, 4.69) is 38.1 Å². The second-order valence-corrected chi connectivity index (χ2v) is 5.08. The Morgan fingerprint density at radius 3 is 3.00 bits per heavy atom. The first-order valence-corrected chi connectivity index (χ1v) is 6.03. The highest BCUT2D eigenvalue weighted by atomic mass is 79.9. The molecule has 2 heterocycles. The van der Waals surface area contributed by atoms with Crippen molar-refractivity contribution in [3.8, 4) is 0 Å². The second-order valence-electron chi connectivity index (χ2n) is 4.26. The van der Waals surface area contributed by atoms with Crippen molar-refractivity contribution >= 4 is 21.6 Å². The van der Waals surface area contributed by atoms with Gasteiger partial charge in [0.05, 0.1) is 0 Å². The van der Waals surface area contributed by atoms with Gasteiger partial charge in [-0.1, -0.05) is 0 Å². The predicted molar refractivity (Wildman–Crippen MR) is 61.9 cm³/mol. The number of halogens is 1. The summed E-state index contributed by atoms with van der Waals surface area (Å²) in [5.41, 5.74) is 2.31. The second kappa shape index (κ2) is 3.30. The molecule has 3 rings (SSSR count). The first-order valence-electron chi connectivity index (χ1n) is 5.24. The lowest BCUT2D eigenvalue weighted by Crippen LogP contribution is -1.94. The van der Waals surface area contributed by atoms with Crippen molar-refractivity contribution in [2.24, 2.45) is 5.92 Å². The minimum atomic E-state index is 0.819. The van der Waals surface area contributed by atoms with Crippen LogP contribution >= 0.6 is 15.9 Å². The van der Waals surface area contributed by atoms with Crippen molar-refractivity contribution in [1.82, 2.24) is 14.6 Å². The fourth-order valence-corrected chi connectivity index (χ4v) is 2.43. The predicted octanol–water partition coefficient (Wildman–Crippen LogP) is 2.75. The molecule has 1 aliphatic carbocycles. The molecule has 0 radical (unpaired) electrons. The Balaban J connectivity index is 2.08. The SMILES string of the molecule is Cc1nc2cc(CC3CC3)cc(Br)n2n1. The van der Waals surface area contributed by atoms with Gasteiger partial charge in [0.1, 0.15) is 10.4 Å². The van der Waals surface area contributed by atoms with Crippen LogP contribution in [0.5, 0.6) is 0 Å². The molecule has 15 heavy (non-hydrogen) atoms. The van der Waals surface area contributed by atoms with Crippen LogP contribution in [-0.2, 0) is 6.42 Å². The van der Waals surface area contributed by atoms with Crippen molar-refractivity contribution < 1.29 is 0 Å². The van der Waals surface area contributed by atoms with Gasteiger partial charge in [0.15, 0.2) is 5.65 Å². The maximum Gasteiger partial charge on any atom is 0.157 e. The van der Waals surface area contributed by atoms with Crippen LogP contribution < -0.4 is 0 Å². The van der Waals surface area contributed by atoms with Crippen LogP contribution in [0.25, 0.3) is 5.65 Å². The third-order valence-corrected chi connectivity index (χ3v) is 3.35. The Labute approximate surface area is 96.6 Å². The quantitative estimate of drug-likeness (QED) is 0.782. The Morgan fingerprint density at radius 1 is 1.47 bits per heavy atom. The number of aromatic nitrogens is 3. The molecule has 2 aromatic heterocycles. The Bertz CT molecular complexity index is 514. The number of fused-ring (bicyclic) bond motifs is 1. The van der Waals surface area contributed by atoms with E-state index in [-0.39, 0.29) is 0 Å². The maximum atomic E-state index is 4.38. The van der Waals surface area contributed by atoms with Gasteiger partial charge in [-0.3, -0.25) is 0 Å². The van der Waals surface area contributed by atoms with Gasteiger partial charge in [-0.05, 0) is 65.7 Å². The third-order valence-electron chi connectivity index (χ3n) is 2.78. The Kier molecular flexibility index (Phi) is 2.06. The van der Waals surface area contributed by atoms with Crippen molar-refractivity contribution in [3.63, 3.8) is 0 Å². The van der Waals surface area contributed by atoms with Crippen molar-refractivity contribution in [3.05, 3.63) is 28.1 Å². The van der Waals surface area contributed by atoms with Gasteiger partial charge in [-0.2, -0.15) is 5.10 Å². The third kappa shape index (κ3) is 1.78. The molecule has 78 valence electrons. The summed E-state index contributed by atoms with van der Waals surface area (Å²) in [7, 11) is 0. The molecule has 2 aromatic rings. The average Bonchev–Trinajstić information content (AvgIpc) is 2.87. The molecule has 0 N–H and O–H groups in total. The van der Waals surface area contributed by atoms with Gasteiger partial charge in [0.2, 0.25) is 0 Å². The van der Waals surface area contributed by atoms with Gasteiger partial charge in [-0.15, -0.1) is 0 Å². The van der Waals surface area contributed by atoms with E-state index in [1.54, 1.807) is 0 Å². The topological polar surface area (TPSA) is 30.2 Å². The number of pyridine rings is 1. The lowest BCUT2D eigenvalue weighted by Gasteiger charge is -2.02. The summed E-state index contributed by atoms with van der Waals surface area (Å²) < 4.78 is 2.84. The molecule has 1 aliphatic rings. The number of hydrogen-bond donors (Lipinski definition) is 0. The van der Waals surface area contributed by atoms with E-state index in [1.807, 2.05) is 11.4 Å². The van der Waals surface area contributed by atoms with E-state index in [0.29, 0.717) is 0 Å². The number of rotatable bonds is 2. The van der Waals surface area contributed by atoms with Crippen molar-refractivity contribution in [2.45, 2.75) is 26.2 Å². The summed E-state index contributed by atoms with van der Waals surface area (Å²) >= 11 is 3.53. The molecule has 0 atom stereocenters. The molecule has 1 saturated carbocycles. The van der Waals surface area contributed by atoms with Gasteiger partial charge in [-0.25, -0.2) is 9.50 Å². The highest BCUT2D eigenvalue weighted by molar-refractivity contribution is 9.10. The molecule has 0 saturated heterocycles. The molecule has 0 unspecified atom stereocenters. The molecular weight excluding hydrogens is 254 g/mol. The van der Waals surface area contributed by atoms with Gasteiger partial charge < -0.3 is 0 Å². The fourth-order valence-electron chi connectivity index (χ4n) is 1.88. The Hall–Kier alpha value is -0.900. The van der Waals surface area contributed by atoms with Crippen LogP contribution in [0.4, 0.5) is 0 Å². The van der Waals surface area contributed by atoms with Crippen molar-refractivity contribution in [1.29, 1.82) is 0 Å². The Morgan fingerprint density at radius 2 is 2.27 bits per heavy atom. The number of hydrogen-bond acceptors (Lipinski definition) is 2. The summed E-state index contributed by atoms with van der Waals surface area (Å²) in [4.78, 5) is 4.38. The summed E-state index contributed by atoms with van der Waals surface area (Å²) in [5, 5.41) is 4.31. The molecule has 0 aliphatic heterocycles. The lowest BCUT2D eigenvalue weighted by molar-refractivity contribution is 0.822. The van der Waals surface area contributed by atoms with E-state index in [4.69, 9.17) is 0 Å². The van der Waals surface area contributed by atoms with E-state index in [0.717, 1.165) is 22.0 Å². The lowest BCUT2D eigenvalue weighted by atomic mass is 10.1. The highest BCUT2D eigenvalue weighted by Crippen LogP contribution is 2.33.